The Morgan fingerprint density at radius 3 is 2.82 bits per heavy atom. The molecule has 0 saturated heterocycles. The second kappa shape index (κ2) is 6.57. The summed E-state index contributed by atoms with van der Waals surface area (Å²) in [6.07, 6.45) is 0.277. The van der Waals surface area contributed by atoms with Crippen LogP contribution in [-0.4, -0.2) is 31.6 Å². The molecule has 0 unspecified atom stereocenters. The van der Waals surface area contributed by atoms with Crippen LogP contribution in [0, 0.1) is 5.82 Å². The molecule has 0 aliphatic carbocycles. The maximum Gasteiger partial charge on any atom is 0.306 e. The number of nitrogens with zero attached hydrogens (tertiary/aromatic N) is 1. The van der Waals surface area contributed by atoms with Gasteiger partial charge in [0.25, 0.3) is 0 Å². The molecule has 0 amide bonds. The minimum Gasteiger partial charge on any atom is -0.469 e. The van der Waals surface area contributed by atoms with Crippen molar-refractivity contribution in [2.75, 3.05) is 20.7 Å². The van der Waals surface area contributed by atoms with E-state index in [1.165, 1.54) is 13.2 Å². The van der Waals surface area contributed by atoms with Gasteiger partial charge in [-0.15, -0.1) is 0 Å². The first-order valence-corrected chi connectivity index (χ1v) is 5.60. The number of esters is 1. The summed E-state index contributed by atoms with van der Waals surface area (Å²) in [6.45, 7) is 0.861. The third-order valence-electron chi connectivity index (χ3n) is 2.42. The molecule has 0 atom stereocenters. The summed E-state index contributed by atoms with van der Waals surface area (Å²) >= 11 is 5.91. The molecule has 0 aliphatic heterocycles. The lowest BCUT2D eigenvalue weighted by Gasteiger charge is -2.17. The largest absolute Gasteiger partial charge is 0.469 e. The standard InChI is InChI=1S/C12H15ClFNO2/c1-15(7-6-12(16)17-2)8-9-10(13)4-3-5-11(9)14/h3-5H,6-8H2,1-2H3. The zero-order valence-electron chi connectivity index (χ0n) is 9.87. The van der Waals surface area contributed by atoms with E-state index in [-0.39, 0.29) is 18.2 Å². The van der Waals surface area contributed by atoms with Crippen LogP contribution in [0.4, 0.5) is 4.39 Å². The summed E-state index contributed by atoms with van der Waals surface area (Å²) in [7, 11) is 3.14. The highest BCUT2D eigenvalue weighted by Crippen LogP contribution is 2.20. The number of halogens is 2. The molecule has 0 radical (unpaired) electrons. The van der Waals surface area contributed by atoms with Crippen LogP contribution >= 0.6 is 11.6 Å². The monoisotopic (exact) mass is 259 g/mol. The number of ether oxygens (including phenoxy) is 1. The highest BCUT2D eigenvalue weighted by Gasteiger charge is 2.10. The van der Waals surface area contributed by atoms with Crippen LogP contribution in [0.25, 0.3) is 0 Å². The van der Waals surface area contributed by atoms with E-state index in [9.17, 15) is 9.18 Å². The van der Waals surface area contributed by atoms with Crippen LogP contribution in [0.15, 0.2) is 18.2 Å². The van der Waals surface area contributed by atoms with Crippen molar-refractivity contribution in [3.05, 3.63) is 34.6 Å². The Kier molecular flexibility index (Phi) is 5.38. The summed E-state index contributed by atoms with van der Waals surface area (Å²) in [5.74, 6) is -0.612. The molecular weight excluding hydrogens is 245 g/mol. The van der Waals surface area contributed by atoms with Crippen molar-refractivity contribution < 1.29 is 13.9 Å². The first kappa shape index (κ1) is 13.9. The van der Waals surface area contributed by atoms with Gasteiger partial charge in [-0.2, -0.15) is 0 Å². The van der Waals surface area contributed by atoms with Gasteiger partial charge in [0, 0.05) is 23.7 Å². The van der Waals surface area contributed by atoms with Gasteiger partial charge in [0.1, 0.15) is 5.82 Å². The number of hydrogen-bond acceptors (Lipinski definition) is 3. The fourth-order valence-electron chi connectivity index (χ4n) is 1.42. The van der Waals surface area contributed by atoms with E-state index in [0.29, 0.717) is 23.7 Å². The fraction of sp³-hybridized carbons (Fsp3) is 0.417. The summed E-state index contributed by atoms with van der Waals surface area (Å²) in [6, 6.07) is 4.58. The lowest BCUT2D eigenvalue weighted by atomic mass is 10.2. The fourth-order valence-corrected chi connectivity index (χ4v) is 1.64. The van der Waals surface area contributed by atoms with Crippen LogP contribution in [0.2, 0.25) is 5.02 Å². The molecule has 0 N–H and O–H groups in total. The Labute approximate surface area is 105 Å². The second-order valence-electron chi connectivity index (χ2n) is 3.76. The third kappa shape index (κ3) is 4.32. The van der Waals surface area contributed by atoms with Crippen molar-refractivity contribution in [1.29, 1.82) is 0 Å². The van der Waals surface area contributed by atoms with E-state index in [4.69, 9.17) is 11.6 Å². The first-order valence-electron chi connectivity index (χ1n) is 5.23. The Hall–Kier alpha value is -1.13. The maximum atomic E-state index is 13.5. The van der Waals surface area contributed by atoms with Crippen LogP contribution < -0.4 is 0 Å². The molecule has 1 rings (SSSR count). The van der Waals surface area contributed by atoms with Crippen molar-refractivity contribution in [1.82, 2.24) is 4.90 Å². The normalized spacial score (nSPS) is 10.6. The topological polar surface area (TPSA) is 29.5 Å². The van der Waals surface area contributed by atoms with E-state index >= 15 is 0 Å². The predicted octanol–water partition coefficient (Wildman–Crippen LogP) is 2.47. The van der Waals surface area contributed by atoms with Crippen molar-refractivity contribution in [3.8, 4) is 0 Å². The van der Waals surface area contributed by atoms with Gasteiger partial charge >= 0.3 is 5.97 Å². The van der Waals surface area contributed by atoms with Gasteiger partial charge in [-0.3, -0.25) is 4.79 Å². The summed E-state index contributed by atoms with van der Waals surface area (Å²) in [5.41, 5.74) is 0.446. The van der Waals surface area contributed by atoms with Gasteiger partial charge in [0.2, 0.25) is 0 Å². The third-order valence-corrected chi connectivity index (χ3v) is 2.77. The quantitative estimate of drug-likeness (QED) is 0.761. The van der Waals surface area contributed by atoms with Crippen LogP contribution in [-0.2, 0) is 16.1 Å². The molecule has 1 aromatic rings. The van der Waals surface area contributed by atoms with E-state index in [0.717, 1.165) is 0 Å². The predicted molar refractivity (Wildman–Crippen MR) is 64.4 cm³/mol. The second-order valence-corrected chi connectivity index (χ2v) is 4.17. The summed E-state index contributed by atoms with van der Waals surface area (Å²) < 4.78 is 18.0. The van der Waals surface area contributed by atoms with E-state index in [2.05, 4.69) is 4.74 Å². The highest BCUT2D eigenvalue weighted by atomic mass is 35.5. The molecule has 3 nitrogen and oxygen atoms in total. The molecule has 1 aromatic carbocycles. The number of methoxy groups -OCH3 is 1. The molecule has 0 aromatic heterocycles. The van der Waals surface area contributed by atoms with Gasteiger partial charge < -0.3 is 9.64 Å². The smallest absolute Gasteiger partial charge is 0.306 e. The average Bonchev–Trinajstić information content (AvgIpc) is 2.31. The lowest BCUT2D eigenvalue weighted by molar-refractivity contribution is -0.140. The van der Waals surface area contributed by atoms with Gasteiger partial charge in [-0.25, -0.2) is 4.39 Å². The molecule has 94 valence electrons. The first-order chi connectivity index (χ1) is 8.04. The molecule has 17 heavy (non-hydrogen) atoms. The Morgan fingerprint density at radius 1 is 1.53 bits per heavy atom. The van der Waals surface area contributed by atoms with Gasteiger partial charge in [-0.05, 0) is 19.2 Å². The van der Waals surface area contributed by atoms with Crippen molar-refractivity contribution in [2.45, 2.75) is 13.0 Å². The Bertz CT molecular complexity index is 378. The molecule has 5 heteroatoms. The number of rotatable bonds is 5. The molecule has 0 bridgehead atoms. The van der Waals surface area contributed by atoms with Crippen LogP contribution in [0.5, 0.6) is 0 Å². The molecule has 0 fully saturated rings. The van der Waals surface area contributed by atoms with Crippen molar-refractivity contribution in [3.63, 3.8) is 0 Å². The van der Waals surface area contributed by atoms with Crippen molar-refractivity contribution in [2.24, 2.45) is 0 Å². The van der Waals surface area contributed by atoms with Gasteiger partial charge in [0.15, 0.2) is 0 Å². The minimum absolute atomic E-state index is 0.277. The molecule has 0 spiro atoms. The maximum absolute atomic E-state index is 13.5. The Morgan fingerprint density at radius 2 is 2.24 bits per heavy atom. The van der Waals surface area contributed by atoms with Gasteiger partial charge in [-0.1, -0.05) is 17.7 Å². The van der Waals surface area contributed by atoms with Gasteiger partial charge in [0.05, 0.1) is 13.5 Å². The molecule has 0 heterocycles. The average molecular weight is 260 g/mol. The SMILES string of the molecule is COC(=O)CCN(C)Cc1c(F)cccc1Cl. The van der Waals surface area contributed by atoms with E-state index < -0.39 is 0 Å². The number of carbonyl (C=O) groups excluding carboxylic acids is 1. The number of carbonyl (C=O) groups is 1. The number of hydrogen-bond donors (Lipinski definition) is 0. The zero-order chi connectivity index (χ0) is 12.8. The molecular formula is C12H15ClFNO2. The van der Waals surface area contributed by atoms with E-state index in [1.54, 1.807) is 19.2 Å². The van der Waals surface area contributed by atoms with E-state index in [1.807, 2.05) is 4.90 Å². The molecule has 0 aliphatic rings. The summed E-state index contributed by atoms with van der Waals surface area (Å²) in [5, 5.41) is 0.398. The van der Waals surface area contributed by atoms with Crippen LogP contribution in [0.3, 0.4) is 0 Å². The zero-order valence-corrected chi connectivity index (χ0v) is 10.6. The summed E-state index contributed by atoms with van der Waals surface area (Å²) in [4.78, 5) is 12.8. The Balaban J connectivity index is 2.56. The van der Waals surface area contributed by atoms with Crippen molar-refractivity contribution >= 4 is 17.6 Å². The lowest BCUT2D eigenvalue weighted by Crippen LogP contribution is -2.22. The minimum atomic E-state index is -0.331. The molecule has 0 saturated carbocycles. The van der Waals surface area contributed by atoms with Crippen LogP contribution in [0.1, 0.15) is 12.0 Å². The highest BCUT2D eigenvalue weighted by molar-refractivity contribution is 6.31. The number of benzene rings is 1.